The molecule has 1 saturated heterocycles. The van der Waals surface area contributed by atoms with E-state index in [0.717, 1.165) is 29.7 Å². The third-order valence-electron chi connectivity index (χ3n) is 6.31. The topological polar surface area (TPSA) is 97.8 Å². The highest BCUT2D eigenvalue weighted by Gasteiger charge is 2.24. The Balaban J connectivity index is 1.31. The van der Waals surface area contributed by atoms with E-state index >= 15 is 0 Å². The van der Waals surface area contributed by atoms with Crippen molar-refractivity contribution in [2.45, 2.75) is 6.54 Å². The molecule has 0 aliphatic carbocycles. The van der Waals surface area contributed by atoms with Gasteiger partial charge >= 0.3 is 5.69 Å². The quantitative estimate of drug-likeness (QED) is 0.419. The van der Waals surface area contributed by atoms with Gasteiger partial charge in [-0.05, 0) is 35.9 Å². The van der Waals surface area contributed by atoms with Gasteiger partial charge in [-0.3, -0.25) is 19.1 Å². The SMILES string of the molecule is CNC(=O)c1cc(F)c(N2CCN(Cc3cnc4c(c3)[nH]c(=O)n3cccc43)CC2)c(NC)c1. The maximum atomic E-state index is 15.0. The first-order valence-electron chi connectivity index (χ1n) is 11.2. The molecule has 4 heterocycles. The van der Waals surface area contributed by atoms with Crippen LogP contribution in [0.25, 0.3) is 16.6 Å². The first kappa shape index (κ1) is 21.9. The second-order valence-electron chi connectivity index (χ2n) is 8.38. The van der Waals surface area contributed by atoms with Crippen LogP contribution in [0.2, 0.25) is 0 Å². The summed E-state index contributed by atoms with van der Waals surface area (Å²) in [6.07, 6.45) is 3.56. The lowest BCUT2D eigenvalue weighted by atomic mass is 10.1. The van der Waals surface area contributed by atoms with Crippen LogP contribution in [-0.4, -0.2) is 65.5 Å². The highest BCUT2D eigenvalue weighted by atomic mass is 19.1. The molecule has 34 heavy (non-hydrogen) atoms. The molecule has 3 N–H and O–H groups in total. The third-order valence-corrected chi connectivity index (χ3v) is 6.31. The van der Waals surface area contributed by atoms with E-state index in [9.17, 15) is 14.0 Å². The number of aromatic nitrogens is 3. The number of carbonyl (C=O) groups is 1. The van der Waals surface area contributed by atoms with Crippen molar-refractivity contribution >= 4 is 33.8 Å². The highest BCUT2D eigenvalue weighted by Crippen LogP contribution is 2.31. The summed E-state index contributed by atoms with van der Waals surface area (Å²) in [5, 5.41) is 5.55. The maximum Gasteiger partial charge on any atom is 0.330 e. The van der Waals surface area contributed by atoms with E-state index in [1.807, 2.05) is 29.3 Å². The van der Waals surface area contributed by atoms with Gasteiger partial charge in [-0.15, -0.1) is 0 Å². The van der Waals surface area contributed by atoms with Gasteiger partial charge in [0.1, 0.15) is 11.3 Å². The van der Waals surface area contributed by atoms with Crippen LogP contribution in [0, 0.1) is 5.82 Å². The second-order valence-corrected chi connectivity index (χ2v) is 8.38. The minimum Gasteiger partial charge on any atom is -0.386 e. The molecule has 1 aliphatic heterocycles. The van der Waals surface area contributed by atoms with Crippen molar-refractivity contribution in [2.75, 3.05) is 50.5 Å². The Morgan fingerprint density at radius 2 is 1.97 bits per heavy atom. The zero-order valence-corrected chi connectivity index (χ0v) is 19.1. The van der Waals surface area contributed by atoms with E-state index in [0.29, 0.717) is 36.5 Å². The first-order chi connectivity index (χ1) is 16.5. The summed E-state index contributed by atoms with van der Waals surface area (Å²) >= 11 is 0. The number of hydrogen-bond acceptors (Lipinski definition) is 6. The number of anilines is 2. The number of aromatic amines is 1. The van der Waals surface area contributed by atoms with Crippen LogP contribution < -0.4 is 21.2 Å². The van der Waals surface area contributed by atoms with Gasteiger partial charge in [-0.25, -0.2) is 9.18 Å². The van der Waals surface area contributed by atoms with Gasteiger partial charge < -0.3 is 20.5 Å². The molecule has 0 atom stereocenters. The van der Waals surface area contributed by atoms with E-state index in [-0.39, 0.29) is 17.2 Å². The van der Waals surface area contributed by atoms with E-state index in [4.69, 9.17) is 0 Å². The lowest BCUT2D eigenvalue weighted by Crippen LogP contribution is -2.46. The fraction of sp³-hybridized carbons (Fsp3) is 0.292. The van der Waals surface area contributed by atoms with Crippen LogP contribution in [-0.2, 0) is 6.54 Å². The zero-order valence-electron chi connectivity index (χ0n) is 19.1. The Labute approximate surface area is 195 Å². The Morgan fingerprint density at radius 3 is 2.71 bits per heavy atom. The predicted molar refractivity (Wildman–Crippen MR) is 130 cm³/mol. The fourth-order valence-electron chi connectivity index (χ4n) is 4.59. The number of nitrogens with zero attached hydrogens (tertiary/aromatic N) is 4. The van der Waals surface area contributed by atoms with Crippen LogP contribution in [0.15, 0.2) is 47.5 Å². The minimum atomic E-state index is -0.418. The van der Waals surface area contributed by atoms with Crippen molar-refractivity contribution in [3.63, 3.8) is 0 Å². The van der Waals surface area contributed by atoms with Gasteiger partial charge in [-0.2, -0.15) is 0 Å². The number of H-pyrrole nitrogens is 1. The molecular formula is C24H26FN7O2. The standard InChI is InChI=1S/C24H26FN7O2/c1-26-19-12-16(23(33)27-2)11-17(25)22(19)31-8-6-30(7-9-31)14-15-10-18-21(28-13-15)20-4-3-5-32(20)24(34)29-18/h3-5,10-13,26H,6-9,14H2,1-2H3,(H,27,33)(H,29,34). The molecule has 5 rings (SSSR count). The second kappa shape index (κ2) is 8.79. The molecule has 9 nitrogen and oxygen atoms in total. The number of carbonyl (C=O) groups excluding carboxylic acids is 1. The minimum absolute atomic E-state index is 0.190. The largest absolute Gasteiger partial charge is 0.386 e. The van der Waals surface area contributed by atoms with E-state index in [1.165, 1.54) is 13.1 Å². The summed E-state index contributed by atoms with van der Waals surface area (Å²) in [5.74, 6) is -0.743. The normalized spacial score (nSPS) is 14.6. The van der Waals surface area contributed by atoms with E-state index < -0.39 is 5.82 Å². The van der Waals surface area contributed by atoms with Crippen molar-refractivity contribution in [2.24, 2.45) is 0 Å². The Hall–Kier alpha value is -3.92. The Kier molecular flexibility index (Phi) is 5.66. The zero-order chi connectivity index (χ0) is 23.8. The number of fused-ring (bicyclic) bond motifs is 3. The molecule has 3 aromatic heterocycles. The van der Waals surface area contributed by atoms with Gasteiger partial charge in [0, 0.05) is 64.8 Å². The summed E-state index contributed by atoms with van der Waals surface area (Å²) in [6.45, 7) is 3.46. The molecule has 0 unspecified atom stereocenters. The lowest BCUT2D eigenvalue weighted by molar-refractivity contribution is 0.0962. The number of halogens is 1. The molecule has 1 amide bonds. The molecule has 176 valence electrons. The molecule has 0 radical (unpaired) electrons. The summed E-state index contributed by atoms with van der Waals surface area (Å²) in [7, 11) is 3.25. The third kappa shape index (κ3) is 3.86. The van der Waals surface area contributed by atoms with Crippen LogP contribution in [0.3, 0.4) is 0 Å². The molecule has 0 spiro atoms. The lowest BCUT2D eigenvalue weighted by Gasteiger charge is -2.37. The Morgan fingerprint density at radius 1 is 1.18 bits per heavy atom. The summed E-state index contributed by atoms with van der Waals surface area (Å²) in [4.78, 5) is 36.0. The van der Waals surface area contributed by atoms with Crippen molar-refractivity contribution in [1.82, 2.24) is 24.6 Å². The van der Waals surface area contributed by atoms with Crippen molar-refractivity contribution in [1.29, 1.82) is 0 Å². The number of piperazine rings is 1. The molecule has 1 fully saturated rings. The average molecular weight is 464 g/mol. The van der Waals surface area contributed by atoms with Crippen LogP contribution >= 0.6 is 0 Å². The van der Waals surface area contributed by atoms with Gasteiger partial charge in [0.05, 0.1) is 22.4 Å². The van der Waals surface area contributed by atoms with Gasteiger partial charge in [0.15, 0.2) is 0 Å². The molecule has 4 aromatic rings. The average Bonchev–Trinajstić information content (AvgIpc) is 3.34. The number of pyridine rings is 1. The van der Waals surface area contributed by atoms with Gasteiger partial charge in [0.25, 0.3) is 5.91 Å². The summed E-state index contributed by atoms with van der Waals surface area (Å²) in [5.41, 5.74) is 4.42. The maximum absolute atomic E-state index is 15.0. The van der Waals surface area contributed by atoms with Gasteiger partial charge in [0.2, 0.25) is 0 Å². The number of nitrogens with one attached hydrogen (secondary N) is 3. The smallest absolute Gasteiger partial charge is 0.330 e. The van der Waals surface area contributed by atoms with E-state index in [1.54, 1.807) is 23.7 Å². The monoisotopic (exact) mass is 463 g/mol. The van der Waals surface area contributed by atoms with Crippen LogP contribution in [0.4, 0.5) is 15.8 Å². The van der Waals surface area contributed by atoms with E-state index in [2.05, 4.69) is 25.5 Å². The molecule has 10 heteroatoms. The van der Waals surface area contributed by atoms with Crippen molar-refractivity contribution in [3.8, 4) is 0 Å². The molecular weight excluding hydrogens is 437 g/mol. The fourth-order valence-corrected chi connectivity index (χ4v) is 4.59. The first-order valence-corrected chi connectivity index (χ1v) is 11.2. The van der Waals surface area contributed by atoms with Crippen molar-refractivity contribution in [3.05, 3.63) is 70.2 Å². The van der Waals surface area contributed by atoms with Gasteiger partial charge in [-0.1, -0.05) is 0 Å². The number of benzene rings is 1. The summed E-state index contributed by atoms with van der Waals surface area (Å²) in [6, 6.07) is 8.63. The van der Waals surface area contributed by atoms with Crippen LogP contribution in [0.5, 0.6) is 0 Å². The highest BCUT2D eigenvalue weighted by molar-refractivity contribution is 5.96. The molecule has 0 saturated carbocycles. The number of rotatable bonds is 5. The number of hydrogen-bond donors (Lipinski definition) is 3. The van der Waals surface area contributed by atoms with Crippen molar-refractivity contribution < 1.29 is 9.18 Å². The predicted octanol–water partition coefficient (Wildman–Crippen LogP) is 2.04. The molecule has 0 bridgehead atoms. The Bertz CT molecular complexity index is 1440. The summed E-state index contributed by atoms with van der Waals surface area (Å²) < 4.78 is 16.5. The van der Waals surface area contributed by atoms with Crippen LogP contribution in [0.1, 0.15) is 15.9 Å². The molecule has 1 aromatic carbocycles. The molecule has 1 aliphatic rings. The number of amides is 1.